The van der Waals surface area contributed by atoms with Crippen molar-refractivity contribution in [2.45, 2.75) is 6.42 Å². The van der Waals surface area contributed by atoms with E-state index in [0.717, 1.165) is 18.7 Å². The standard InChI is InChI=1S/C12H12N4OS/c17-11(14-12-15-13-8-18-12)7-16-6-5-9-3-1-2-4-10(9)16/h1-4,8H,5-7H2,(H,14,15,17). The molecule has 3 rings (SSSR count). The summed E-state index contributed by atoms with van der Waals surface area (Å²) in [5, 5.41) is 10.8. The second-order valence-corrected chi connectivity index (χ2v) is 4.93. The molecule has 1 N–H and O–H groups in total. The summed E-state index contributed by atoms with van der Waals surface area (Å²) in [5.41, 5.74) is 4.06. The van der Waals surface area contributed by atoms with Gasteiger partial charge in [-0.3, -0.25) is 10.1 Å². The molecule has 1 aliphatic heterocycles. The number of benzene rings is 1. The van der Waals surface area contributed by atoms with Crippen LogP contribution in [0.4, 0.5) is 10.8 Å². The molecule has 0 radical (unpaired) electrons. The first-order valence-corrected chi connectivity index (χ1v) is 6.60. The number of nitrogens with one attached hydrogen (secondary N) is 1. The van der Waals surface area contributed by atoms with Crippen molar-refractivity contribution in [1.29, 1.82) is 0 Å². The fourth-order valence-corrected chi connectivity index (χ4v) is 2.59. The van der Waals surface area contributed by atoms with Crippen LogP contribution in [0.1, 0.15) is 5.56 Å². The molecule has 2 heterocycles. The number of fused-ring (bicyclic) bond motifs is 1. The van der Waals surface area contributed by atoms with E-state index in [9.17, 15) is 4.79 Å². The molecule has 1 amide bonds. The Morgan fingerprint density at radius 1 is 1.44 bits per heavy atom. The third-order valence-electron chi connectivity index (χ3n) is 2.92. The van der Waals surface area contributed by atoms with E-state index in [1.807, 2.05) is 12.1 Å². The highest BCUT2D eigenvalue weighted by molar-refractivity contribution is 7.13. The van der Waals surface area contributed by atoms with Gasteiger partial charge in [0.05, 0.1) is 6.54 Å². The maximum Gasteiger partial charge on any atom is 0.245 e. The summed E-state index contributed by atoms with van der Waals surface area (Å²) in [6.07, 6.45) is 1.00. The van der Waals surface area contributed by atoms with Gasteiger partial charge in [-0.05, 0) is 18.1 Å². The summed E-state index contributed by atoms with van der Waals surface area (Å²) >= 11 is 1.32. The van der Waals surface area contributed by atoms with E-state index in [1.54, 1.807) is 5.51 Å². The third kappa shape index (κ3) is 2.19. The Morgan fingerprint density at radius 2 is 2.33 bits per heavy atom. The van der Waals surface area contributed by atoms with E-state index in [0.29, 0.717) is 11.7 Å². The lowest BCUT2D eigenvalue weighted by atomic mass is 10.2. The second kappa shape index (κ2) is 4.73. The predicted molar refractivity (Wildman–Crippen MR) is 70.9 cm³/mol. The Kier molecular flexibility index (Phi) is 2.93. The average Bonchev–Trinajstić information content (AvgIpc) is 3.00. The zero-order valence-corrected chi connectivity index (χ0v) is 10.5. The van der Waals surface area contributed by atoms with Crippen LogP contribution < -0.4 is 10.2 Å². The van der Waals surface area contributed by atoms with Gasteiger partial charge in [-0.25, -0.2) is 0 Å². The van der Waals surface area contributed by atoms with Crippen molar-refractivity contribution in [1.82, 2.24) is 10.2 Å². The molecule has 0 aliphatic carbocycles. The topological polar surface area (TPSA) is 58.1 Å². The van der Waals surface area contributed by atoms with Gasteiger partial charge < -0.3 is 4.90 Å². The van der Waals surface area contributed by atoms with E-state index >= 15 is 0 Å². The van der Waals surface area contributed by atoms with Gasteiger partial charge in [0.15, 0.2) is 0 Å². The summed E-state index contributed by atoms with van der Waals surface area (Å²) in [4.78, 5) is 14.0. The fraction of sp³-hybridized carbons (Fsp3) is 0.250. The van der Waals surface area contributed by atoms with Crippen molar-refractivity contribution < 1.29 is 4.79 Å². The molecule has 5 nitrogen and oxygen atoms in total. The minimum atomic E-state index is -0.0524. The molecule has 0 saturated heterocycles. The molecule has 0 saturated carbocycles. The van der Waals surface area contributed by atoms with Crippen LogP contribution in [0.15, 0.2) is 29.8 Å². The molecule has 1 aromatic carbocycles. The number of carbonyl (C=O) groups is 1. The summed E-state index contributed by atoms with van der Waals surface area (Å²) in [6, 6.07) is 8.20. The van der Waals surface area contributed by atoms with Crippen molar-refractivity contribution in [3.05, 3.63) is 35.3 Å². The number of amides is 1. The number of hydrogen-bond acceptors (Lipinski definition) is 5. The molecule has 0 atom stereocenters. The first kappa shape index (κ1) is 11.2. The van der Waals surface area contributed by atoms with Crippen molar-refractivity contribution in [2.75, 3.05) is 23.3 Å². The Morgan fingerprint density at radius 3 is 3.17 bits per heavy atom. The lowest BCUT2D eigenvalue weighted by Crippen LogP contribution is -2.31. The Hall–Kier alpha value is -1.95. The summed E-state index contributed by atoms with van der Waals surface area (Å²) in [7, 11) is 0. The number of hydrogen-bond donors (Lipinski definition) is 1. The number of rotatable bonds is 3. The number of anilines is 2. The third-order valence-corrected chi connectivity index (χ3v) is 3.53. The Bertz CT molecular complexity index is 555. The van der Waals surface area contributed by atoms with Crippen molar-refractivity contribution in [3.63, 3.8) is 0 Å². The van der Waals surface area contributed by atoms with Crippen molar-refractivity contribution in [2.24, 2.45) is 0 Å². The summed E-state index contributed by atoms with van der Waals surface area (Å²) < 4.78 is 0. The average molecular weight is 260 g/mol. The first-order chi connectivity index (χ1) is 8.83. The van der Waals surface area contributed by atoms with E-state index in [1.165, 1.54) is 16.9 Å². The van der Waals surface area contributed by atoms with E-state index in [2.05, 4.69) is 32.5 Å². The number of para-hydroxylation sites is 1. The van der Waals surface area contributed by atoms with Crippen LogP contribution in [-0.4, -0.2) is 29.2 Å². The maximum atomic E-state index is 11.9. The molecule has 0 fully saturated rings. The minimum absolute atomic E-state index is 0.0524. The molecule has 0 unspecified atom stereocenters. The van der Waals surface area contributed by atoms with Gasteiger partial charge in [0.2, 0.25) is 11.0 Å². The van der Waals surface area contributed by atoms with Gasteiger partial charge in [0.1, 0.15) is 5.51 Å². The molecule has 18 heavy (non-hydrogen) atoms. The SMILES string of the molecule is O=C(CN1CCc2ccccc21)Nc1nncs1. The van der Waals surface area contributed by atoms with Crippen LogP contribution in [0.2, 0.25) is 0 Å². The minimum Gasteiger partial charge on any atom is -0.362 e. The Balaban J connectivity index is 1.66. The molecule has 0 bridgehead atoms. The number of aromatic nitrogens is 2. The molecule has 1 aliphatic rings. The maximum absolute atomic E-state index is 11.9. The van der Waals surface area contributed by atoms with Crippen LogP contribution in [0.25, 0.3) is 0 Å². The van der Waals surface area contributed by atoms with Crippen molar-refractivity contribution >= 4 is 28.1 Å². The van der Waals surface area contributed by atoms with E-state index < -0.39 is 0 Å². The summed E-state index contributed by atoms with van der Waals surface area (Å²) in [5.74, 6) is -0.0524. The summed E-state index contributed by atoms with van der Waals surface area (Å²) in [6.45, 7) is 1.25. The lowest BCUT2D eigenvalue weighted by Gasteiger charge is -2.18. The van der Waals surface area contributed by atoms with Crippen LogP contribution in [0.5, 0.6) is 0 Å². The molecule has 92 valence electrons. The lowest BCUT2D eigenvalue weighted by molar-refractivity contribution is -0.115. The second-order valence-electron chi connectivity index (χ2n) is 4.09. The van der Waals surface area contributed by atoms with Gasteiger partial charge in [0, 0.05) is 12.2 Å². The fourth-order valence-electron chi connectivity index (χ4n) is 2.13. The quantitative estimate of drug-likeness (QED) is 0.909. The molecule has 2 aromatic rings. The highest BCUT2D eigenvalue weighted by Crippen LogP contribution is 2.26. The van der Waals surface area contributed by atoms with Gasteiger partial charge in [-0.15, -0.1) is 10.2 Å². The molecular formula is C12H12N4OS. The zero-order valence-electron chi connectivity index (χ0n) is 9.67. The van der Waals surface area contributed by atoms with Crippen LogP contribution >= 0.6 is 11.3 Å². The van der Waals surface area contributed by atoms with Crippen molar-refractivity contribution in [3.8, 4) is 0 Å². The zero-order chi connectivity index (χ0) is 12.4. The predicted octanol–water partition coefficient (Wildman–Crippen LogP) is 1.54. The van der Waals surface area contributed by atoms with E-state index in [4.69, 9.17) is 0 Å². The number of carbonyl (C=O) groups excluding carboxylic acids is 1. The van der Waals surface area contributed by atoms with Gasteiger partial charge in [-0.1, -0.05) is 29.5 Å². The number of nitrogens with zero attached hydrogens (tertiary/aromatic N) is 3. The van der Waals surface area contributed by atoms with Crippen LogP contribution in [0, 0.1) is 0 Å². The van der Waals surface area contributed by atoms with Crippen LogP contribution in [0.3, 0.4) is 0 Å². The van der Waals surface area contributed by atoms with Gasteiger partial charge >= 0.3 is 0 Å². The highest BCUT2D eigenvalue weighted by Gasteiger charge is 2.20. The first-order valence-electron chi connectivity index (χ1n) is 5.72. The van der Waals surface area contributed by atoms with E-state index in [-0.39, 0.29) is 5.91 Å². The Labute approximate surface area is 108 Å². The molecule has 6 heteroatoms. The van der Waals surface area contributed by atoms with Gasteiger partial charge in [0.25, 0.3) is 0 Å². The molecular weight excluding hydrogens is 248 g/mol. The largest absolute Gasteiger partial charge is 0.362 e. The van der Waals surface area contributed by atoms with Crippen LogP contribution in [-0.2, 0) is 11.2 Å². The monoisotopic (exact) mass is 260 g/mol. The normalized spacial score (nSPS) is 13.4. The smallest absolute Gasteiger partial charge is 0.245 e. The molecule has 0 spiro atoms. The highest BCUT2D eigenvalue weighted by atomic mass is 32.1. The molecule has 1 aromatic heterocycles. The van der Waals surface area contributed by atoms with Gasteiger partial charge in [-0.2, -0.15) is 0 Å².